The molecular weight excluding hydrogens is 236 g/mol. The van der Waals surface area contributed by atoms with E-state index in [0.717, 1.165) is 17.0 Å². The van der Waals surface area contributed by atoms with Gasteiger partial charge in [0.2, 0.25) is 0 Å². The van der Waals surface area contributed by atoms with Crippen molar-refractivity contribution in [3.8, 4) is 0 Å². The molecule has 1 unspecified atom stereocenters. The van der Waals surface area contributed by atoms with Gasteiger partial charge >= 0.3 is 0 Å². The molecule has 0 radical (unpaired) electrons. The Morgan fingerprint density at radius 3 is 2.16 bits per heavy atom. The summed E-state index contributed by atoms with van der Waals surface area (Å²) in [5.41, 5.74) is 6.56. The van der Waals surface area contributed by atoms with Crippen molar-refractivity contribution < 1.29 is 5.11 Å². The van der Waals surface area contributed by atoms with E-state index < -0.39 is 6.10 Å². The zero-order chi connectivity index (χ0) is 14.2. The van der Waals surface area contributed by atoms with Crippen molar-refractivity contribution >= 4 is 0 Å². The van der Waals surface area contributed by atoms with Gasteiger partial charge in [-0.05, 0) is 33.3 Å². The topological polar surface area (TPSA) is 38.1 Å². The third kappa shape index (κ3) is 2.87. The maximum absolute atomic E-state index is 10.5. The van der Waals surface area contributed by atoms with Crippen LogP contribution in [-0.4, -0.2) is 14.9 Å². The van der Waals surface area contributed by atoms with Crippen molar-refractivity contribution in [3.05, 3.63) is 51.8 Å². The summed E-state index contributed by atoms with van der Waals surface area (Å²) in [6, 6.07) is 6.42. The monoisotopic (exact) mass is 258 g/mol. The molecule has 1 atom stereocenters. The van der Waals surface area contributed by atoms with Crippen LogP contribution in [0.3, 0.4) is 0 Å². The van der Waals surface area contributed by atoms with Gasteiger partial charge in [-0.15, -0.1) is 0 Å². The Hall–Kier alpha value is -1.61. The van der Waals surface area contributed by atoms with Crippen molar-refractivity contribution in [1.29, 1.82) is 0 Å². The van der Waals surface area contributed by atoms with Crippen LogP contribution in [0.2, 0.25) is 0 Å². The Morgan fingerprint density at radius 1 is 1.11 bits per heavy atom. The van der Waals surface area contributed by atoms with Crippen molar-refractivity contribution in [3.63, 3.8) is 0 Å². The molecule has 3 nitrogen and oxygen atoms in total. The van der Waals surface area contributed by atoms with Crippen molar-refractivity contribution in [1.82, 2.24) is 9.78 Å². The van der Waals surface area contributed by atoms with Gasteiger partial charge in [-0.3, -0.25) is 4.68 Å². The molecule has 0 fully saturated rings. The van der Waals surface area contributed by atoms with Crippen LogP contribution < -0.4 is 0 Å². The van der Waals surface area contributed by atoms with Gasteiger partial charge in [-0.25, -0.2) is 0 Å². The maximum atomic E-state index is 10.5. The van der Waals surface area contributed by atoms with E-state index in [-0.39, 0.29) is 0 Å². The number of rotatable bonds is 3. The highest BCUT2D eigenvalue weighted by atomic mass is 16.3. The number of aromatic nitrogens is 2. The van der Waals surface area contributed by atoms with E-state index in [2.05, 4.69) is 37.1 Å². The lowest BCUT2D eigenvalue weighted by Crippen LogP contribution is -2.05. The third-order valence-corrected chi connectivity index (χ3v) is 3.61. The first-order valence-corrected chi connectivity index (χ1v) is 6.64. The van der Waals surface area contributed by atoms with Gasteiger partial charge in [-0.2, -0.15) is 5.10 Å². The van der Waals surface area contributed by atoms with Crippen LogP contribution in [0.1, 0.15) is 39.7 Å². The molecule has 0 saturated heterocycles. The van der Waals surface area contributed by atoms with Crippen LogP contribution in [0.5, 0.6) is 0 Å². The molecule has 2 aromatic rings. The highest BCUT2D eigenvalue weighted by Crippen LogP contribution is 2.25. The van der Waals surface area contributed by atoms with Crippen LogP contribution in [0.15, 0.2) is 18.2 Å². The summed E-state index contributed by atoms with van der Waals surface area (Å²) in [7, 11) is 1.91. The number of aliphatic hydroxyl groups is 1. The lowest BCUT2D eigenvalue weighted by Gasteiger charge is -2.13. The van der Waals surface area contributed by atoms with Crippen LogP contribution in [0.4, 0.5) is 0 Å². The van der Waals surface area contributed by atoms with E-state index in [1.807, 2.05) is 25.6 Å². The Labute approximate surface area is 114 Å². The normalized spacial score (nSPS) is 12.7. The van der Waals surface area contributed by atoms with Crippen molar-refractivity contribution in [2.75, 3.05) is 0 Å². The molecule has 2 rings (SSSR count). The van der Waals surface area contributed by atoms with Crippen molar-refractivity contribution in [2.24, 2.45) is 7.05 Å². The van der Waals surface area contributed by atoms with E-state index in [4.69, 9.17) is 0 Å². The van der Waals surface area contributed by atoms with Gasteiger partial charge in [0.05, 0.1) is 11.8 Å². The Bertz CT molecular complexity index is 579. The van der Waals surface area contributed by atoms with E-state index >= 15 is 0 Å². The number of hydrogen-bond donors (Lipinski definition) is 1. The van der Waals surface area contributed by atoms with Crippen LogP contribution >= 0.6 is 0 Å². The zero-order valence-electron chi connectivity index (χ0n) is 12.4. The standard InChI is InChI=1S/C16H22N2O/c1-10-6-11(2)8-14(7-10)9-15(19)16-12(3)17-18(5)13(16)4/h6-8,15,19H,9H2,1-5H3. The largest absolute Gasteiger partial charge is 0.388 e. The summed E-state index contributed by atoms with van der Waals surface area (Å²) >= 11 is 0. The fourth-order valence-corrected chi connectivity index (χ4v) is 2.78. The number of nitrogens with zero attached hydrogens (tertiary/aromatic N) is 2. The summed E-state index contributed by atoms with van der Waals surface area (Å²) in [5, 5.41) is 14.8. The molecule has 0 amide bonds. The average molecular weight is 258 g/mol. The van der Waals surface area contributed by atoms with Gasteiger partial charge in [0.15, 0.2) is 0 Å². The lowest BCUT2D eigenvalue weighted by atomic mass is 9.97. The van der Waals surface area contributed by atoms with Gasteiger partial charge in [0, 0.05) is 24.7 Å². The van der Waals surface area contributed by atoms with E-state index in [1.54, 1.807) is 0 Å². The number of benzene rings is 1. The number of aliphatic hydroxyl groups excluding tert-OH is 1. The molecule has 0 aliphatic carbocycles. The first-order chi connectivity index (χ1) is 8.88. The highest BCUT2D eigenvalue weighted by Gasteiger charge is 2.18. The molecule has 0 bridgehead atoms. The quantitative estimate of drug-likeness (QED) is 0.919. The minimum absolute atomic E-state index is 0.491. The summed E-state index contributed by atoms with van der Waals surface area (Å²) < 4.78 is 1.83. The molecular formula is C16H22N2O. The molecule has 0 aliphatic rings. The molecule has 0 aliphatic heterocycles. The van der Waals surface area contributed by atoms with Gasteiger partial charge < -0.3 is 5.11 Å². The average Bonchev–Trinajstić information content (AvgIpc) is 2.51. The first kappa shape index (κ1) is 13.8. The fraction of sp³-hybridized carbons (Fsp3) is 0.438. The van der Waals surface area contributed by atoms with E-state index in [1.165, 1.54) is 16.7 Å². The second-order valence-electron chi connectivity index (χ2n) is 5.42. The third-order valence-electron chi connectivity index (χ3n) is 3.61. The molecule has 3 heteroatoms. The zero-order valence-corrected chi connectivity index (χ0v) is 12.4. The summed E-state index contributed by atoms with van der Waals surface area (Å²) in [4.78, 5) is 0. The SMILES string of the molecule is Cc1cc(C)cc(CC(O)c2c(C)nn(C)c2C)c1. The highest BCUT2D eigenvalue weighted by molar-refractivity contribution is 5.32. The number of aryl methyl sites for hydroxylation is 4. The fourth-order valence-electron chi connectivity index (χ4n) is 2.78. The molecule has 1 heterocycles. The van der Waals surface area contributed by atoms with Gasteiger partial charge in [-0.1, -0.05) is 29.3 Å². The smallest absolute Gasteiger partial charge is 0.0866 e. The second-order valence-corrected chi connectivity index (χ2v) is 5.42. The molecule has 19 heavy (non-hydrogen) atoms. The predicted molar refractivity (Wildman–Crippen MR) is 77.3 cm³/mol. The summed E-state index contributed by atoms with van der Waals surface area (Å²) in [5.74, 6) is 0. The molecule has 1 aromatic heterocycles. The number of hydrogen-bond acceptors (Lipinski definition) is 2. The summed E-state index contributed by atoms with van der Waals surface area (Å²) in [6.07, 6.45) is 0.144. The summed E-state index contributed by atoms with van der Waals surface area (Å²) in [6.45, 7) is 8.13. The van der Waals surface area contributed by atoms with Crippen LogP contribution in [-0.2, 0) is 13.5 Å². The first-order valence-electron chi connectivity index (χ1n) is 6.64. The Morgan fingerprint density at radius 2 is 1.68 bits per heavy atom. The molecule has 102 valence electrons. The maximum Gasteiger partial charge on any atom is 0.0866 e. The van der Waals surface area contributed by atoms with Gasteiger partial charge in [0.25, 0.3) is 0 Å². The molecule has 0 saturated carbocycles. The minimum atomic E-state index is -0.491. The minimum Gasteiger partial charge on any atom is -0.388 e. The van der Waals surface area contributed by atoms with E-state index in [9.17, 15) is 5.11 Å². The van der Waals surface area contributed by atoms with E-state index in [0.29, 0.717) is 6.42 Å². The van der Waals surface area contributed by atoms with Gasteiger partial charge in [0.1, 0.15) is 0 Å². The van der Waals surface area contributed by atoms with Crippen molar-refractivity contribution in [2.45, 2.75) is 40.2 Å². The Kier molecular flexibility index (Phi) is 3.76. The molecule has 0 spiro atoms. The molecule has 1 aromatic carbocycles. The lowest BCUT2D eigenvalue weighted by molar-refractivity contribution is 0.177. The van der Waals surface area contributed by atoms with Crippen LogP contribution in [0.25, 0.3) is 0 Å². The predicted octanol–water partition coefficient (Wildman–Crippen LogP) is 2.93. The Balaban J connectivity index is 2.27. The van der Waals surface area contributed by atoms with Crippen LogP contribution in [0, 0.1) is 27.7 Å². The molecule has 1 N–H and O–H groups in total. The second kappa shape index (κ2) is 5.17.